The van der Waals surface area contributed by atoms with Crippen LogP contribution in [0.4, 0.5) is 11.6 Å². The summed E-state index contributed by atoms with van der Waals surface area (Å²) in [5.41, 5.74) is 0.738. The van der Waals surface area contributed by atoms with Crippen LogP contribution < -0.4 is 9.62 Å². The smallest absolute Gasteiger partial charge is 0.363 e. The van der Waals surface area contributed by atoms with Gasteiger partial charge in [-0.05, 0) is 33.7 Å². The molecule has 0 aliphatic rings. The summed E-state index contributed by atoms with van der Waals surface area (Å²) in [5, 5.41) is 10.5. The number of rotatable bonds is 6. The molecule has 0 amide bonds. The van der Waals surface area contributed by atoms with Crippen LogP contribution in [0.25, 0.3) is 0 Å². The SMILES string of the molecule is CN(C)c1cc(CNS(=O)(=O)c2ccc([N+](=O)[O-])nc2)ccn1. The van der Waals surface area contributed by atoms with Crippen molar-refractivity contribution in [3.05, 3.63) is 52.3 Å². The minimum absolute atomic E-state index is 0.0721. The molecule has 0 fully saturated rings. The van der Waals surface area contributed by atoms with Gasteiger partial charge in [-0.25, -0.2) is 18.1 Å². The molecule has 9 nitrogen and oxygen atoms in total. The Morgan fingerprint density at radius 3 is 2.57 bits per heavy atom. The highest BCUT2D eigenvalue weighted by molar-refractivity contribution is 7.89. The van der Waals surface area contributed by atoms with Gasteiger partial charge in [-0.3, -0.25) is 0 Å². The molecule has 0 atom stereocenters. The number of pyridine rings is 2. The first-order chi connectivity index (χ1) is 10.8. The molecule has 0 bridgehead atoms. The van der Waals surface area contributed by atoms with Crippen molar-refractivity contribution >= 4 is 21.7 Å². The minimum atomic E-state index is -3.80. The van der Waals surface area contributed by atoms with Gasteiger partial charge in [0.2, 0.25) is 10.0 Å². The molecule has 0 aliphatic carbocycles. The van der Waals surface area contributed by atoms with Crippen molar-refractivity contribution in [2.45, 2.75) is 11.4 Å². The number of hydrogen-bond acceptors (Lipinski definition) is 7. The summed E-state index contributed by atoms with van der Waals surface area (Å²) in [6.07, 6.45) is 2.55. The van der Waals surface area contributed by atoms with E-state index >= 15 is 0 Å². The maximum absolute atomic E-state index is 12.2. The topological polar surface area (TPSA) is 118 Å². The number of hydrogen-bond donors (Lipinski definition) is 1. The average Bonchev–Trinajstić information content (AvgIpc) is 2.53. The lowest BCUT2D eigenvalue weighted by atomic mass is 10.2. The van der Waals surface area contributed by atoms with Crippen LogP contribution in [0.15, 0.2) is 41.6 Å². The van der Waals surface area contributed by atoms with Crippen molar-refractivity contribution in [1.29, 1.82) is 0 Å². The Morgan fingerprint density at radius 1 is 1.26 bits per heavy atom. The van der Waals surface area contributed by atoms with E-state index in [9.17, 15) is 18.5 Å². The van der Waals surface area contributed by atoms with E-state index in [0.717, 1.165) is 23.9 Å². The summed E-state index contributed by atoms with van der Waals surface area (Å²) in [5.74, 6) is 0.299. The van der Waals surface area contributed by atoms with Crippen molar-refractivity contribution in [3.8, 4) is 0 Å². The second-order valence-electron chi connectivity index (χ2n) is 4.85. The van der Waals surface area contributed by atoms with Crippen molar-refractivity contribution in [3.63, 3.8) is 0 Å². The Bertz CT molecular complexity index is 805. The lowest BCUT2D eigenvalue weighted by molar-refractivity contribution is -0.389. The van der Waals surface area contributed by atoms with Crippen LogP contribution >= 0.6 is 0 Å². The van der Waals surface area contributed by atoms with Gasteiger partial charge in [0, 0.05) is 32.9 Å². The zero-order valence-corrected chi connectivity index (χ0v) is 13.3. The van der Waals surface area contributed by atoms with Crippen molar-refractivity contribution in [1.82, 2.24) is 14.7 Å². The Labute approximate surface area is 133 Å². The molecule has 2 rings (SSSR count). The molecule has 0 saturated heterocycles. The van der Waals surface area contributed by atoms with Crippen LogP contribution in [-0.2, 0) is 16.6 Å². The van der Waals surface area contributed by atoms with Gasteiger partial charge in [-0.15, -0.1) is 0 Å². The molecule has 2 heterocycles. The van der Waals surface area contributed by atoms with Crippen molar-refractivity contribution in [2.75, 3.05) is 19.0 Å². The highest BCUT2D eigenvalue weighted by Gasteiger charge is 2.18. The van der Waals surface area contributed by atoms with Crippen LogP contribution in [0.3, 0.4) is 0 Å². The summed E-state index contributed by atoms with van der Waals surface area (Å²) < 4.78 is 26.7. The lowest BCUT2D eigenvalue weighted by Gasteiger charge is -2.12. The van der Waals surface area contributed by atoms with Crippen LogP contribution in [0.1, 0.15) is 5.56 Å². The Kier molecular flexibility index (Phi) is 4.86. The van der Waals surface area contributed by atoms with Gasteiger partial charge < -0.3 is 15.0 Å². The fourth-order valence-corrected chi connectivity index (χ4v) is 2.68. The number of aromatic nitrogens is 2. The minimum Gasteiger partial charge on any atom is -0.363 e. The van der Waals surface area contributed by atoms with E-state index in [0.29, 0.717) is 5.82 Å². The maximum Gasteiger partial charge on any atom is 0.363 e. The molecule has 1 N–H and O–H groups in total. The number of nitrogens with one attached hydrogen (secondary N) is 1. The summed E-state index contributed by atoms with van der Waals surface area (Å²) in [6.45, 7) is 0.0721. The normalized spacial score (nSPS) is 11.2. The molecule has 0 unspecified atom stereocenters. The van der Waals surface area contributed by atoms with Gasteiger partial charge in [0.1, 0.15) is 10.7 Å². The van der Waals surface area contributed by atoms with Gasteiger partial charge >= 0.3 is 5.82 Å². The fourth-order valence-electron chi connectivity index (χ4n) is 1.72. The molecule has 2 aromatic rings. The zero-order chi connectivity index (χ0) is 17.0. The largest absolute Gasteiger partial charge is 0.363 e. The molecule has 0 spiro atoms. The van der Waals surface area contributed by atoms with Gasteiger partial charge in [0.05, 0.1) is 0 Å². The molecular formula is C13H15N5O4S. The first-order valence-corrected chi connectivity index (χ1v) is 8.00. The molecule has 10 heteroatoms. The third kappa shape index (κ3) is 4.20. The van der Waals surface area contributed by atoms with E-state index < -0.39 is 20.8 Å². The van der Waals surface area contributed by atoms with Crippen LogP contribution in [0, 0.1) is 10.1 Å². The molecule has 122 valence electrons. The molecule has 0 saturated carbocycles. The van der Waals surface area contributed by atoms with E-state index in [4.69, 9.17) is 0 Å². The molecule has 0 aliphatic heterocycles. The van der Waals surface area contributed by atoms with Gasteiger partial charge in [0.15, 0.2) is 6.20 Å². The number of anilines is 1. The third-order valence-electron chi connectivity index (χ3n) is 2.95. The third-order valence-corrected chi connectivity index (χ3v) is 4.34. The van der Waals surface area contributed by atoms with Crippen molar-refractivity contribution < 1.29 is 13.3 Å². The molecule has 2 aromatic heterocycles. The number of nitrogens with zero attached hydrogens (tertiary/aromatic N) is 4. The highest BCUT2D eigenvalue weighted by Crippen LogP contribution is 2.14. The summed E-state index contributed by atoms with van der Waals surface area (Å²) >= 11 is 0. The van der Waals surface area contributed by atoms with E-state index in [1.807, 2.05) is 14.1 Å². The lowest BCUT2D eigenvalue weighted by Crippen LogP contribution is -2.23. The number of sulfonamides is 1. The fraction of sp³-hybridized carbons (Fsp3) is 0.231. The molecule has 23 heavy (non-hydrogen) atoms. The van der Waals surface area contributed by atoms with Crippen LogP contribution in [-0.4, -0.2) is 37.4 Å². The predicted molar refractivity (Wildman–Crippen MR) is 83.5 cm³/mol. The van der Waals surface area contributed by atoms with Crippen LogP contribution in [0.5, 0.6) is 0 Å². The van der Waals surface area contributed by atoms with Gasteiger partial charge in [-0.1, -0.05) is 0 Å². The first-order valence-electron chi connectivity index (χ1n) is 6.52. The Morgan fingerprint density at radius 2 is 2.00 bits per heavy atom. The quantitative estimate of drug-likeness (QED) is 0.615. The standard InChI is InChI=1S/C13H15N5O4S/c1-17(2)13-7-10(5-6-14-13)8-16-23(21,22)11-3-4-12(15-9-11)18(19)20/h3-7,9,16H,8H2,1-2H3. The average molecular weight is 337 g/mol. The second-order valence-corrected chi connectivity index (χ2v) is 6.62. The molecule has 0 radical (unpaired) electrons. The molecular weight excluding hydrogens is 322 g/mol. The van der Waals surface area contributed by atoms with E-state index in [2.05, 4.69) is 14.7 Å². The second kappa shape index (κ2) is 6.67. The van der Waals surface area contributed by atoms with E-state index in [-0.39, 0.29) is 11.4 Å². The van der Waals surface area contributed by atoms with Crippen molar-refractivity contribution in [2.24, 2.45) is 0 Å². The van der Waals surface area contributed by atoms with E-state index in [1.54, 1.807) is 23.2 Å². The monoisotopic (exact) mass is 337 g/mol. The first kappa shape index (κ1) is 16.8. The predicted octanol–water partition coefficient (Wildman–Crippen LogP) is 0.929. The van der Waals surface area contributed by atoms with Gasteiger partial charge in [0.25, 0.3) is 0 Å². The molecule has 0 aromatic carbocycles. The summed E-state index contributed by atoms with van der Waals surface area (Å²) in [6, 6.07) is 5.65. The van der Waals surface area contributed by atoms with Gasteiger partial charge in [-0.2, -0.15) is 0 Å². The summed E-state index contributed by atoms with van der Waals surface area (Å²) in [4.78, 5) is 19.2. The number of nitro groups is 1. The Balaban J connectivity index is 2.12. The Hall–Kier alpha value is -2.59. The van der Waals surface area contributed by atoms with Crippen LogP contribution in [0.2, 0.25) is 0 Å². The zero-order valence-electron chi connectivity index (χ0n) is 12.5. The maximum atomic E-state index is 12.2. The summed E-state index contributed by atoms with van der Waals surface area (Å²) in [7, 11) is -0.139. The highest BCUT2D eigenvalue weighted by atomic mass is 32.2. The van der Waals surface area contributed by atoms with E-state index in [1.165, 1.54) is 0 Å².